The number of carbonyl (C=O) groups is 2. The maximum absolute atomic E-state index is 12.3. The van der Waals surface area contributed by atoms with Gasteiger partial charge in [0.05, 0.1) is 6.61 Å². The third-order valence-electron chi connectivity index (χ3n) is 3.47. The monoisotopic (exact) mass is 293 g/mol. The van der Waals surface area contributed by atoms with Gasteiger partial charge in [0.25, 0.3) is 5.91 Å². The van der Waals surface area contributed by atoms with E-state index in [1.54, 1.807) is 0 Å². The van der Waals surface area contributed by atoms with Crippen LogP contribution in [0.15, 0.2) is 30.3 Å². The first kappa shape index (κ1) is 15.5. The van der Waals surface area contributed by atoms with E-state index in [0.29, 0.717) is 32.7 Å². The summed E-state index contributed by atoms with van der Waals surface area (Å²) in [5.41, 5.74) is -0.0433. The molecule has 21 heavy (non-hydrogen) atoms. The Morgan fingerprint density at radius 3 is 2.52 bits per heavy atom. The highest BCUT2D eigenvalue weighted by Gasteiger charge is 2.41. The van der Waals surface area contributed by atoms with Crippen LogP contribution in [0, 0.1) is 0 Å². The molecule has 114 valence electrons. The van der Waals surface area contributed by atoms with Gasteiger partial charge in [-0.05, 0) is 5.56 Å². The number of hydrogen-bond acceptors (Lipinski definition) is 4. The lowest BCUT2D eigenvalue weighted by atomic mass is 9.92. The van der Waals surface area contributed by atoms with Gasteiger partial charge in [-0.1, -0.05) is 30.3 Å². The Morgan fingerprint density at radius 1 is 1.24 bits per heavy atom. The zero-order valence-electron chi connectivity index (χ0n) is 11.7. The Kier molecular flexibility index (Phi) is 5.30. The number of carboxylic acid groups (broad SMARTS) is 1. The Balaban J connectivity index is 2.02. The molecular formula is C15H19NO5. The summed E-state index contributed by atoms with van der Waals surface area (Å²) in [6, 6.07) is 9.55. The summed E-state index contributed by atoms with van der Waals surface area (Å²) in [6.45, 7) is 0.752. The smallest absolute Gasteiger partial charge is 0.322 e. The summed E-state index contributed by atoms with van der Waals surface area (Å²) in [4.78, 5) is 22.9. The van der Waals surface area contributed by atoms with Crippen molar-refractivity contribution in [2.75, 3.05) is 19.8 Å². The van der Waals surface area contributed by atoms with Gasteiger partial charge in [-0.15, -0.1) is 0 Å². The molecule has 0 atom stereocenters. The minimum absolute atomic E-state index is 0.307. The fourth-order valence-electron chi connectivity index (χ4n) is 2.25. The van der Waals surface area contributed by atoms with Crippen LogP contribution in [0.25, 0.3) is 0 Å². The van der Waals surface area contributed by atoms with Crippen molar-refractivity contribution < 1.29 is 24.2 Å². The summed E-state index contributed by atoms with van der Waals surface area (Å²) in [5.74, 6) is -1.46. The van der Waals surface area contributed by atoms with Crippen molar-refractivity contribution in [3.63, 3.8) is 0 Å². The van der Waals surface area contributed by atoms with Crippen LogP contribution in [-0.4, -0.2) is 42.3 Å². The normalized spacial score (nSPS) is 17.1. The molecule has 2 N–H and O–H groups in total. The van der Waals surface area contributed by atoms with Crippen molar-refractivity contribution in [1.82, 2.24) is 5.32 Å². The van der Waals surface area contributed by atoms with Crippen LogP contribution < -0.4 is 5.32 Å². The van der Waals surface area contributed by atoms with Gasteiger partial charge in [0.1, 0.15) is 6.54 Å². The molecule has 0 aromatic heterocycles. The Hall–Kier alpha value is -1.92. The number of carboxylic acids is 1. The molecule has 6 nitrogen and oxygen atoms in total. The van der Waals surface area contributed by atoms with Gasteiger partial charge in [-0.3, -0.25) is 9.59 Å². The first-order valence-electron chi connectivity index (χ1n) is 6.88. The van der Waals surface area contributed by atoms with Gasteiger partial charge in [0, 0.05) is 26.1 Å². The molecule has 1 aliphatic heterocycles. The average molecular weight is 293 g/mol. The van der Waals surface area contributed by atoms with Crippen molar-refractivity contribution in [1.29, 1.82) is 0 Å². The molecule has 1 fully saturated rings. The second kappa shape index (κ2) is 7.19. The molecule has 0 bridgehead atoms. The number of carbonyl (C=O) groups excluding carboxylic acids is 1. The molecule has 1 aromatic carbocycles. The molecule has 1 aromatic rings. The molecule has 1 aliphatic rings. The highest BCUT2D eigenvalue weighted by atomic mass is 16.5. The average Bonchev–Trinajstić information content (AvgIpc) is 2.52. The van der Waals surface area contributed by atoms with Crippen LogP contribution in [0.2, 0.25) is 0 Å². The van der Waals surface area contributed by atoms with E-state index >= 15 is 0 Å². The van der Waals surface area contributed by atoms with Gasteiger partial charge in [-0.2, -0.15) is 0 Å². The minimum atomic E-state index is -1.08. The third-order valence-corrected chi connectivity index (χ3v) is 3.47. The number of hydrogen-bond donors (Lipinski definition) is 2. The number of rotatable bonds is 6. The molecular weight excluding hydrogens is 274 g/mol. The van der Waals surface area contributed by atoms with E-state index in [4.69, 9.17) is 14.6 Å². The van der Waals surface area contributed by atoms with Crippen LogP contribution in [0.5, 0.6) is 0 Å². The summed E-state index contributed by atoms with van der Waals surface area (Å²) in [6.07, 6.45) is 0.844. The number of benzene rings is 1. The van der Waals surface area contributed by atoms with Crippen LogP contribution in [0.4, 0.5) is 0 Å². The lowest BCUT2D eigenvalue weighted by Gasteiger charge is -2.35. The molecule has 0 saturated carbocycles. The van der Waals surface area contributed by atoms with E-state index in [0.717, 1.165) is 5.56 Å². The summed E-state index contributed by atoms with van der Waals surface area (Å²) in [7, 11) is 0. The highest BCUT2D eigenvalue weighted by molar-refractivity contribution is 5.88. The molecule has 0 radical (unpaired) electrons. The second-order valence-electron chi connectivity index (χ2n) is 4.96. The summed E-state index contributed by atoms with van der Waals surface area (Å²) >= 11 is 0. The summed E-state index contributed by atoms with van der Waals surface area (Å²) < 4.78 is 11.1. The molecule has 0 spiro atoms. The molecule has 0 aliphatic carbocycles. The minimum Gasteiger partial charge on any atom is -0.480 e. The molecule has 0 unspecified atom stereocenters. The Bertz CT molecular complexity index is 482. The number of aliphatic carboxylic acids is 1. The zero-order chi connectivity index (χ0) is 15.1. The van der Waals surface area contributed by atoms with E-state index in [-0.39, 0.29) is 5.91 Å². The maximum atomic E-state index is 12.3. The molecule has 1 heterocycles. The Morgan fingerprint density at radius 2 is 1.90 bits per heavy atom. The zero-order valence-corrected chi connectivity index (χ0v) is 11.7. The number of amides is 1. The van der Waals surface area contributed by atoms with Gasteiger partial charge in [0.15, 0.2) is 5.60 Å². The SMILES string of the molecule is O=C(O)CNC(=O)C1(OCc2ccccc2)CCOCC1. The van der Waals surface area contributed by atoms with Crippen LogP contribution >= 0.6 is 0 Å². The van der Waals surface area contributed by atoms with E-state index in [1.807, 2.05) is 30.3 Å². The van der Waals surface area contributed by atoms with Gasteiger partial charge < -0.3 is 19.9 Å². The lowest BCUT2D eigenvalue weighted by Crippen LogP contribution is -2.53. The molecule has 6 heteroatoms. The van der Waals surface area contributed by atoms with E-state index in [2.05, 4.69) is 5.32 Å². The van der Waals surface area contributed by atoms with Crippen LogP contribution in [0.1, 0.15) is 18.4 Å². The van der Waals surface area contributed by atoms with Crippen molar-refractivity contribution in [2.45, 2.75) is 25.0 Å². The predicted molar refractivity (Wildman–Crippen MR) is 74.7 cm³/mol. The number of nitrogens with one attached hydrogen (secondary N) is 1. The second-order valence-corrected chi connectivity index (χ2v) is 4.96. The first-order chi connectivity index (χ1) is 10.1. The van der Waals surface area contributed by atoms with E-state index in [1.165, 1.54) is 0 Å². The van der Waals surface area contributed by atoms with Crippen molar-refractivity contribution >= 4 is 11.9 Å². The fourth-order valence-corrected chi connectivity index (χ4v) is 2.25. The molecule has 1 amide bonds. The molecule has 2 rings (SSSR count). The summed E-state index contributed by atoms with van der Waals surface area (Å²) in [5, 5.41) is 11.1. The topological polar surface area (TPSA) is 84.9 Å². The molecule has 1 saturated heterocycles. The van der Waals surface area contributed by atoms with Gasteiger partial charge in [-0.25, -0.2) is 0 Å². The third kappa shape index (κ3) is 4.27. The predicted octanol–water partition coefficient (Wildman–Crippen LogP) is 0.953. The van der Waals surface area contributed by atoms with Crippen molar-refractivity contribution in [3.8, 4) is 0 Å². The van der Waals surface area contributed by atoms with E-state index < -0.39 is 18.1 Å². The standard InChI is InChI=1S/C15H19NO5/c17-13(18)10-16-14(19)15(6-8-20-9-7-15)21-11-12-4-2-1-3-5-12/h1-5H,6-11H2,(H,16,19)(H,17,18). The van der Waals surface area contributed by atoms with Gasteiger partial charge in [0.2, 0.25) is 0 Å². The van der Waals surface area contributed by atoms with Crippen molar-refractivity contribution in [3.05, 3.63) is 35.9 Å². The van der Waals surface area contributed by atoms with Crippen molar-refractivity contribution in [2.24, 2.45) is 0 Å². The maximum Gasteiger partial charge on any atom is 0.322 e. The Labute approximate surface area is 123 Å². The van der Waals surface area contributed by atoms with Gasteiger partial charge >= 0.3 is 5.97 Å². The number of ether oxygens (including phenoxy) is 2. The van der Waals surface area contributed by atoms with E-state index in [9.17, 15) is 9.59 Å². The van der Waals surface area contributed by atoms with Crippen LogP contribution in [0.3, 0.4) is 0 Å². The quantitative estimate of drug-likeness (QED) is 0.816. The fraction of sp³-hybridized carbons (Fsp3) is 0.467. The van der Waals surface area contributed by atoms with Crippen LogP contribution in [-0.2, 0) is 25.7 Å². The first-order valence-corrected chi connectivity index (χ1v) is 6.88. The largest absolute Gasteiger partial charge is 0.480 e. The highest BCUT2D eigenvalue weighted by Crippen LogP contribution is 2.27. The lowest BCUT2D eigenvalue weighted by molar-refractivity contribution is -0.164.